The number of rotatable bonds is 4. The lowest BCUT2D eigenvalue weighted by Gasteiger charge is -2.11. The standard InChI is InChI=1S/C14H13ClFN3O3/c1-6(20)11-12(22-3)13(17)19-14(18-11)7-4-10(21-2)8(15)5-9(7)16/h4-5H,1-3H3,(H2,17,18,19). The molecule has 0 unspecified atom stereocenters. The number of nitrogen functional groups attached to an aromatic ring is 1. The quantitative estimate of drug-likeness (QED) is 0.870. The second-order valence-corrected chi connectivity index (χ2v) is 4.74. The number of methoxy groups -OCH3 is 2. The van der Waals surface area contributed by atoms with Gasteiger partial charge in [-0.05, 0) is 12.1 Å². The molecule has 0 bridgehead atoms. The van der Waals surface area contributed by atoms with E-state index in [0.29, 0.717) is 0 Å². The monoisotopic (exact) mass is 325 g/mol. The van der Waals surface area contributed by atoms with Gasteiger partial charge in [0.1, 0.15) is 11.6 Å². The molecule has 2 rings (SSSR count). The van der Waals surface area contributed by atoms with Gasteiger partial charge in [-0.25, -0.2) is 14.4 Å². The number of hydrogen-bond acceptors (Lipinski definition) is 6. The Hall–Kier alpha value is -2.41. The van der Waals surface area contributed by atoms with E-state index in [1.807, 2.05) is 0 Å². The Balaban J connectivity index is 2.70. The van der Waals surface area contributed by atoms with E-state index < -0.39 is 5.82 Å². The lowest BCUT2D eigenvalue weighted by molar-refractivity contribution is 0.101. The molecule has 2 aromatic rings. The van der Waals surface area contributed by atoms with Crippen LogP contribution in [0.5, 0.6) is 11.5 Å². The average molecular weight is 326 g/mol. The number of carbonyl (C=O) groups excluding carboxylic acids is 1. The zero-order valence-electron chi connectivity index (χ0n) is 12.1. The minimum atomic E-state index is -0.662. The van der Waals surface area contributed by atoms with Crippen molar-refractivity contribution in [1.82, 2.24) is 9.97 Å². The van der Waals surface area contributed by atoms with Crippen molar-refractivity contribution < 1.29 is 18.7 Å². The summed E-state index contributed by atoms with van der Waals surface area (Å²) in [5, 5.41) is 0.108. The number of ketones is 1. The maximum Gasteiger partial charge on any atom is 0.190 e. The summed E-state index contributed by atoms with van der Waals surface area (Å²) in [6, 6.07) is 2.41. The predicted octanol–water partition coefficient (Wildman–Crippen LogP) is 2.74. The van der Waals surface area contributed by atoms with E-state index in [0.717, 1.165) is 6.07 Å². The molecule has 0 aliphatic rings. The van der Waals surface area contributed by atoms with Gasteiger partial charge in [0, 0.05) is 6.92 Å². The van der Waals surface area contributed by atoms with Gasteiger partial charge in [-0.1, -0.05) is 11.6 Å². The van der Waals surface area contributed by atoms with Crippen LogP contribution in [0.4, 0.5) is 10.2 Å². The molecule has 0 fully saturated rings. The normalized spacial score (nSPS) is 10.4. The fraction of sp³-hybridized carbons (Fsp3) is 0.214. The molecule has 0 spiro atoms. The number of hydrogen-bond donors (Lipinski definition) is 1. The first kappa shape index (κ1) is 16.0. The SMILES string of the molecule is COc1cc(-c2nc(N)c(OC)c(C(C)=O)n2)c(F)cc1Cl. The third kappa shape index (κ3) is 2.80. The number of Topliss-reactive ketones (excluding diaryl/α,β-unsaturated/α-hetero) is 1. The molecule has 0 saturated heterocycles. The molecule has 0 aliphatic carbocycles. The van der Waals surface area contributed by atoms with Gasteiger partial charge in [0.15, 0.2) is 28.9 Å². The van der Waals surface area contributed by atoms with Crippen LogP contribution in [-0.2, 0) is 0 Å². The van der Waals surface area contributed by atoms with Gasteiger partial charge in [0.05, 0.1) is 24.8 Å². The number of aromatic nitrogens is 2. The van der Waals surface area contributed by atoms with Gasteiger partial charge < -0.3 is 15.2 Å². The molecule has 0 amide bonds. The van der Waals surface area contributed by atoms with E-state index >= 15 is 0 Å². The van der Waals surface area contributed by atoms with Crippen LogP contribution in [0.25, 0.3) is 11.4 Å². The molecule has 1 aromatic heterocycles. The Morgan fingerprint density at radius 1 is 1.27 bits per heavy atom. The first-order chi connectivity index (χ1) is 10.4. The topological polar surface area (TPSA) is 87.3 Å². The summed E-state index contributed by atoms with van der Waals surface area (Å²) in [6.07, 6.45) is 0. The largest absolute Gasteiger partial charge is 0.495 e. The maximum absolute atomic E-state index is 14.1. The van der Waals surface area contributed by atoms with E-state index in [2.05, 4.69) is 9.97 Å². The summed E-state index contributed by atoms with van der Waals surface area (Å²) < 4.78 is 24.2. The van der Waals surface area contributed by atoms with Crippen LogP contribution in [0, 0.1) is 5.82 Å². The molecule has 0 aliphatic heterocycles. The fourth-order valence-corrected chi connectivity index (χ4v) is 2.11. The minimum absolute atomic E-state index is 0.0121. The van der Waals surface area contributed by atoms with Crippen LogP contribution in [0.15, 0.2) is 12.1 Å². The molecule has 6 nitrogen and oxygen atoms in total. The zero-order valence-corrected chi connectivity index (χ0v) is 12.9. The number of benzene rings is 1. The van der Waals surface area contributed by atoms with Crippen molar-refractivity contribution >= 4 is 23.2 Å². The number of halogens is 2. The highest BCUT2D eigenvalue weighted by Gasteiger charge is 2.20. The Labute approximate surface area is 131 Å². The number of nitrogens with two attached hydrogens (primary N) is 1. The van der Waals surface area contributed by atoms with Gasteiger partial charge in [0.2, 0.25) is 0 Å². The molecule has 1 aromatic carbocycles. The molecule has 22 heavy (non-hydrogen) atoms. The van der Waals surface area contributed by atoms with Gasteiger partial charge in [-0.15, -0.1) is 0 Å². The van der Waals surface area contributed by atoms with Crippen molar-refractivity contribution in [2.75, 3.05) is 20.0 Å². The predicted molar refractivity (Wildman–Crippen MR) is 80.0 cm³/mol. The molecular formula is C14H13ClFN3O3. The van der Waals surface area contributed by atoms with Crippen LogP contribution < -0.4 is 15.2 Å². The highest BCUT2D eigenvalue weighted by molar-refractivity contribution is 6.32. The first-order valence-electron chi connectivity index (χ1n) is 6.14. The summed E-state index contributed by atoms with van der Waals surface area (Å²) >= 11 is 5.85. The number of carbonyl (C=O) groups is 1. The van der Waals surface area contributed by atoms with Crippen molar-refractivity contribution in [2.45, 2.75) is 6.92 Å². The van der Waals surface area contributed by atoms with Gasteiger partial charge in [-0.3, -0.25) is 4.79 Å². The van der Waals surface area contributed by atoms with Crippen LogP contribution >= 0.6 is 11.6 Å². The van der Waals surface area contributed by atoms with E-state index in [1.54, 1.807) is 0 Å². The van der Waals surface area contributed by atoms with Crippen molar-refractivity contribution in [1.29, 1.82) is 0 Å². The summed E-state index contributed by atoms with van der Waals surface area (Å²) in [6.45, 7) is 1.30. The first-order valence-corrected chi connectivity index (χ1v) is 6.52. The summed E-state index contributed by atoms with van der Waals surface area (Å²) in [5.41, 5.74) is 5.73. The Morgan fingerprint density at radius 3 is 2.50 bits per heavy atom. The lowest BCUT2D eigenvalue weighted by atomic mass is 10.1. The van der Waals surface area contributed by atoms with E-state index in [-0.39, 0.29) is 45.2 Å². The summed E-state index contributed by atoms with van der Waals surface area (Å²) in [5.74, 6) is -0.863. The summed E-state index contributed by atoms with van der Waals surface area (Å²) in [4.78, 5) is 19.7. The molecule has 0 radical (unpaired) electrons. The Morgan fingerprint density at radius 2 is 1.95 bits per heavy atom. The highest BCUT2D eigenvalue weighted by atomic mass is 35.5. The second-order valence-electron chi connectivity index (χ2n) is 4.34. The van der Waals surface area contributed by atoms with E-state index in [4.69, 9.17) is 26.8 Å². The molecule has 0 atom stereocenters. The molecule has 116 valence electrons. The molecule has 2 N–H and O–H groups in total. The van der Waals surface area contributed by atoms with Crippen molar-refractivity contribution in [3.05, 3.63) is 28.7 Å². The van der Waals surface area contributed by atoms with Crippen LogP contribution in [-0.4, -0.2) is 30.0 Å². The Bertz CT molecular complexity index is 753. The molecule has 1 heterocycles. The zero-order chi connectivity index (χ0) is 16.4. The van der Waals surface area contributed by atoms with Gasteiger partial charge >= 0.3 is 0 Å². The average Bonchev–Trinajstić information content (AvgIpc) is 2.46. The third-order valence-electron chi connectivity index (χ3n) is 2.91. The Kier molecular flexibility index (Phi) is 4.46. The third-order valence-corrected chi connectivity index (χ3v) is 3.21. The number of ether oxygens (including phenoxy) is 2. The van der Waals surface area contributed by atoms with E-state index in [1.165, 1.54) is 27.2 Å². The fourth-order valence-electron chi connectivity index (χ4n) is 1.89. The number of anilines is 1. The highest BCUT2D eigenvalue weighted by Crippen LogP contribution is 2.34. The lowest BCUT2D eigenvalue weighted by Crippen LogP contribution is -2.09. The summed E-state index contributed by atoms with van der Waals surface area (Å²) in [7, 11) is 2.74. The molecular weight excluding hydrogens is 313 g/mol. The van der Waals surface area contributed by atoms with Crippen molar-refractivity contribution in [3.8, 4) is 22.9 Å². The maximum atomic E-state index is 14.1. The van der Waals surface area contributed by atoms with Gasteiger partial charge in [0.25, 0.3) is 0 Å². The van der Waals surface area contributed by atoms with Crippen LogP contribution in [0.2, 0.25) is 5.02 Å². The smallest absolute Gasteiger partial charge is 0.190 e. The van der Waals surface area contributed by atoms with Crippen LogP contribution in [0.1, 0.15) is 17.4 Å². The second kappa shape index (κ2) is 6.15. The number of nitrogens with zero attached hydrogens (tertiary/aromatic N) is 2. The minimum Gasteiger partial charge on any atom is -0.495 e. The van der Waals surface area contributed by atoms with Crippen molar-refractivity contribution in [2.24, 2.45) is 0 Å². The van der Waals surface area contributed by atoms with Gasteiger partial charge in [-0.2, -0.15) is 0 Å². The molecule has 8 heteroatoms. The van der Waals surface area contributed by atoms with E-state index in [9.17, 15) is 9.18 Å². The molecule has 0 saturated carbocycles. The van der Waals surface area contributed by atoms with Crippen molar-refractivity contribution in [3.63, 3.8) is 0 Å². The van der Waals surface area contributed by atoms with Crippen LogP contribution in [0.3, 0.4) is 0 Å².